The van der Waals surface area contributed by atoms with Gasteiger partial charge in [-0.05, 0) is 159 Å². The van der Waals surface area contributed by atoms with Gasteiger partial charge < -0.3 is 31.0 Å². The van der Waals surface area contributed by atoms with Crippen molar-refractivity contribution in [1.82, 2.24) is 0 Å². The van der Waals surface area contributed by atoms with Gasteiger partial charge in [-0.25, -0.2) is 0 Å². The first-order chi connectivity index (χ1) is 31.1. The standard InChI is InChI=1S/C57H73NO6/c1-2-3-5-14-45-34-50(20-21-52(45)60)56-25-22-39(29-48(56)16-7-4-6-15-46(37-59)43-19-18-38(28-43)24-27-58)31-51(54(61)62)53(55(63)64)57(49-17-10-11-40(30-49)35-56)26-23-44-32-41-12-8-9-13-42(41)33-47(44)36-57/h8-13,17,20-21,28,30-34,37,43-44,46-48,51,53-54,60-62H,2-7,14-16,18-19,22-27,29,35-36,58H2,1H3,(H,63,64)/b39-31+/t43-,44+,46+,47+,48+,51+,53+,56+,57-/m0/s1. The molecule has 9 atom stereocenters. The summed E-state index contributed by atoms with van der Waals surface area (Å²) in [5.74, 6) is -1.72. The molecule has 7 heteroatoms. The van der Waals surface area contributed by atoms with Crippen LogP contribution in [-0.4, -0.2) is 45.5 Å². The highest BCUT2D eigenvalue weighted by Gasteiger charge is 2.54. The number of carboxylic acids is 1. The summed E-state index contributed by atoms with van der Waals surface area (Å²) in [6.45, 7) is 2.85. The van der Waals surface area contributed by atoms with Crippen molar-refractivity contribution in [2.24, 2.45) is 47.2 Å². The minimum absolute atomic E-state index is 0.0341. The highest BCUT2D eigenvalue weighted by Crippen LogP contribution is 2.56. The number of benzene rings is 3. The smallest absolute Gasteiger partial charge is 0.308 e. The van der Waals surface area contributed by atoms with Gasteiger partial charge in [0.2, 0.25) is 0 Å². The van der Waals surface area contributed by atoms with Crippen molar-refractivity contribution in [2.45, 2.75) is 146 Å². The van der Waals surface area contributed by atoms with Crippen LogP contribution in [0.5, 0.6) is 5.75 Å². The van der Waals surface area contributed by atoms with E-state index in [4.69, 9.17) is 5.73 Å². The number of carbonyl (C=O) groups is 2. The van der Waals surface area contributed by atoms with Gasteiger partial charge in [-0.3, -0.25) is 4.79 Å². The van der Waals surface area contributed by atoms with Gasteiger partial charge >= 0.3 is 5.97 Å². The second kappa shape index (κ2) is 20.5. The summed E-state index contributed by atoms with van der Waals surface area (Å²) in [5, 5.41) is 47.8. The Balaban J connectivity index is 1.17. The maximum atomic E-state index is 14.0. The van der Waals surface area contributed by atoms with Crippen molar-refractivity contribution >= 4 is 24.4 Å². The molecule has 2 saturated carbocycles. The lowest BCUT2D eigenvalue weighted by atomic mass is 9.52. The van der Waals surface area contributed by atoms with Crippen LogP contribution in [0.25, 0.3) is 12.2 Å². The molecule has 0 radical (unpaired) electrons. The van der Waals surface area contributed by atoms with E-state index in [2.05, 4.69) is 85.8 Å². The lowest BCUT2D eigenvalue weighted by molar-refractivity contribution is -0.158. The Morgan fingerprint density at radius 3 is 2.38 bits per heavy atom. The quantitative estimate of drug-likeness (QED) is 0.0394. The lowest BCUT2D eigenvalue weighted by Gasteiger charge is -2.51. The fraction of sp³-hybridized carbons (Fsp3) is 0.544. The van der Waals surface area contributed by atoms with Gasteiger partial charge in [-0.2, -0.15) is 0 Å². The van der Waals surface area contributed by atoms with Crippen LogP contribution >= 0.6 is 0 Å². The molecule has 0 amide bonds. The van der Waals surface area contributed by atoms with Gasteiger partial charge in [0.25, 0.3) is 0 Å². The molecule has 0 saturated heterocycles. The SMILES string of the molecule is CCCCCc1cc([C@]23CC/C(=C\[C@@H](C(O)O)[C@H](C(=O)O)[C@]4(CC[C@@H]5C=c6ccccc6=C[C@@H]5C4)c4cccc(c4)C2)C[C@H]3CCCCC[C@H](C=O)[C@@H]2C=C(CCN)CC2)ccc1O. The maximum Gasteiger partial charge on any atom is 0.308 e. The topological polar surface area (TPSA) is 141 Å². The van der Waals surface area contributed by atoms with Crippen molar-refractivity contribution in [3.05, 3.63) is 123 Å². The molecule has 1 spiro atoms. The average molecular weight is 868 g/mol. The molecular formula is C57H73NO6. The normalized spacial score (nSPS) is 29.8. The van der Waals surface area contributed by atoms with Gasteiger partial charge in [-0.15, -0.1) is 0 Å². The second-order valence-electron chi connectivity index (χ2n) is 20.6. The van der Waals surface area contributed by atoms with Crippen LogP contribution in [-0.2, 0) is 33.3 Å². The third-order valence-electron chi connectivity index (χ3n) is 16.8. The van der Waals surface area contributed by atoms with E-state index < -0.39 is 29.5 Å². The van der Waals surface area contributed by atoms with E-state index in [0.717, 1.165) is 126 Å². The third kappa shape index (κ3) is 9.64. The minimum atomic E-state index is -1.84. The number of aliphatic hydroxyl groups excluding tert-OH is 1. The van der Waals surface area contributed by atoms with Crippen LogP contribution in [0.2, 0.25) is 0 Å². The number of rotatable bonds is 17. The number of carboxylic acid groups (broad SMARTS) is 1. The summed E-state index contributed by atoms with van der Waals surface area (Å²) < 4.78 is 0. The number of nitrogens with two attached hydrogens (primary N) is 1. The average Bonchev–Trinajstić information content (AvgIpc) is 3.76. The van der Waals surface area contributed by atoms with E-state index in [1.54, 1.807) is 0 Å². The molecule has 3 aromatic rings. The van der Waals surface area contributed by atoms with E-state index >= 15 is 0 Å². The summed E-state index contributed by atoms with van der Waals surface area (Å²) in [5.41, 5.74) is 11.7. The molecule has 2 fully saturated rings. The van der Waals surface area contributed by atoms with E-state index in [9.17, 15) is 30.0 Å². The maximum absolute atomic E-state index is 14.0. The summed E-state index contributed by atoms with van der Waals surface area (Å²) in [4.78, 5) is 26.3. The number of carbonyl (C=O) groups excluding carboxylic acids is 1. The number of aliphatic hydroxyl groups is 2. The monoisotopic (exact) mass is 868 g/mol. The molecule has 6 aliphatic rings. The lowest BCUT2D eigenvalue weighted by Crippen LogP contribution is -2.52. The van der Waals surface area contributed by atoms with E-state index in [1.165, 1.54) is 33.4 Å². The Labute approximate surface area is 381 Å². The predicted octanol–water partition coefficient (Wildman–Crippen LogP) is 9.35. The second-order valence-corrected chi connectivity index (χ2v) is 20.6. The molecule has 0 aliphatic heterocycles. The van der Waals surface area contributed by atoms with Crippen LogP contribution in [0, 0.1) is 41.4 Å². The number of aryl methyl sites for hydroxylation is 1. The number of allylic oxidation sites excluding steroid dienone is 2. The Hall–Kier alpha value is -4.30. The highest BCUT2D eigenvalue weighted by molar-refractivity contribution is 5.74. The first-order valence-electron chi connectivity index (χ1n) is 24.9. The molecular weight excluding hydrogens is 795 g/mol. The highest BCUT2D eigenvalue weighted by atomic mass is 16.5. The predicted molar refractivity (Wildman–Crippen MR) is 256 cm³/mol. The Bertz CT molecular complexity index is 2310. The largest absolute Gasteiger partial charge is 0.508 e. The molecule has 6 aliphatic carbocycles. The first kappa shape index (κ1) is 46.2. The van der Waals surface area contributed by atoms with Crippen LogP contribution in [0.15, 0.2) is 90.0 Å². The zero-order valence-electron chi connectivity index (χ0n) is 38.2. The third-order valence-corrected chi connectivity index (χ3v) is 16.8. The van der Waals surface area contributed by atoms with E-state index in [0.29, 0.717) is 31.1 Å². The van der Waals surface area contributed by atoms with Crippen LogP contribution < -0.4 is 16.2 Å². The summed E-state index contributed by atoms with van der Waals surface area (Å²) in [7, 11) is 0. The van der Waals surface area contributed by atoms with E-state index in [1.807, 2.05) is 12.1 Å². The van der Waals surface area contributed by atoms with Gasteiger partial charge in [0.1, 0.15) is 12.0 Å². The number of aromatic hydroxyl groups is 1. The Morgan fingerprint density at radius 2 is 1.62 bits per heavy atom. The summed E-state index contributed by atoms with van der Waals surface area (Å²) in [6.07, 6.45) is 25.4. The molecule has 6 N–H and O–H groups in total. The number of hydrogen-bond acceptors (Lipinski definition) is 6. The zero-order valence-corrected chi connectivity index (χ0v) is 38.2. The van der Waals surface area contributed by atoms with Crippen molar-refractivity contribution in [2.75, 3.05) is 6.54 Å². The number of phenols is 1. The summed E-state index contributed by atoms with van der Waals surface area (Å²) >= 11 is 0. The molecule has 9 rings (SSSR count). The Morgan fingerprint density at radius 1 is 0.828 bits per heavy atom. The number of hydrogen-bond donors (Lipinski definition) is 5. The number of fused-ring (bicyclic) bond motifs is 6. The van der Waals surface area contributed by atoms with Crippen molar-refractivity contribution in [3.63, 3.8) is 0 Å². The van der Waals surface area contributed by atoms with Gasteiger partial charge in [0.15, 0.2) is 6.29 Å². The number of aldehydes is 1. The first-order valence-corrected chi connectivity index (χ1v) is 24.9. The molecule has 7 nitrogen and oxygen atoms in total. The van der Waals surface area contributed by atoms with Crippen molar-refractivity contribution in [3.8, 4) is 5.75 Å². The Kier molecular flexibility index (Phi) is 14.8. The fourth-order valence-corrected chi connectivity index (χ4v) is 13.4. The molecule has 0 unspecified atom stereocenters. The van der Waals surface area contributed by atoms with Crippen molar-refractivity contribution in [1.29, 1.82) is 0 Å². The van der Waals surface area contributed by atoms with E-state index in [-0.39, 0.29) is 29.1 Å². The van der Waals surface area contributed by atoms with Crippen molar-refractivity contribution < 1.29 is 30.0 Å². The number of aliphatic carboxylic acids is 1. The minimum Gasteiger partial charge on any atom is -0.508 e. The van der Waals surface area contributed by atoms with Gasteiger partial charge in [0.05, 0.1) is 5.92 Å². The number of unbranched alkanes of at least 4 members (excludes halogenated alkanes) is 4. The van der Waals surface area contributed by atoms with Gasteiger partial charge in [-0.1, -0.05) is 135 Å². The molecule has 64 heavy (non-hydrogen) atoms. The van der Waals surface area contributed by atoms with Crippen LogP contribution in [0.4, 0.5) is 0 Å². The molecule has 342 valence electrons. The molecule has 4 bridgehead atoms. The van der Waals surface area contributed by atoms with Gasteiger partial charge in [0, 0.05) is 22.7 Å². The molecule has 0 aromatic heterocycles. The summed E-state index contributed by atoms with van der Waals surface area (Å²) in [6, 6.07) is 23.5. The molecule has 0 heterocycles. The zero-order chi connectivity index (χ0) is 44.8. The molecule has 3 aromatic carbocycles. The van der Waals surface area contributed by atoms with Crippen LogP contribution in [0.1, 0.15) is 138 Å². The van der Waals surface area contributed by atoms with Crippen LogP contribution in [0.3, 0.4) is 0 Å². The fourth-order valence-electron chi connectivity index (χ4n) is 13.4. The number of phenolic OH excluding ortho intramolecular Hbond substituents is 1.